The van der Waals surface area contributed by atoms with E-state index in [-0.39, 0.29) is 32.5 Å². The molecule has 0 N–H and O–H groups in total. The first-order valence-corrected chi connectivity index (χ1v) is 34.4. The number of halogens is 6. The molecule has 0 amide bonds. The lowest BCUT2D eigenvalue weighted by molar-refractivity contribution is 0.394. The lowest BCUT2D eigenvalue weighted by atomic mass is 9.79. The second kappa shape index (κ2) is 25.1. The molecule has 6 nitrogen and oxygen atoms in total. The molecule has 1 aliphatic rings. The van der Waals surface area contributed by atoms with Crippen LogP contribution in [0.2, 0.25) is 0 Å². The lowest BCUT2D eigenvalue weighted by Crippen LogP contribution is -2.18. The molecule has 0 saturated heterocycles. The lowest BCUT2D eigenvalue weighted by Gasteiger charge is -2.32. The molecule has 1 aliphatic carbocycles. The molecule has 7 rings (SSSR count). The van der Waals surface area contributed by atoms with Crippen LogP contribution in [-0.2, 0) is 32.5 Å². The van der Waals surface area contributed by atoms with Crippen molar-refractivity contribution in [3.05, 3.63) is 173 Å². The highest BCUT2D eigenvalue weighted by molar-refractivity contribution is 9.10. The largest absolute Gasteiger partial charge is 0.496 e. The SMILES string of the molecule is COc1c2cc(C(C)(C)C)cc1C(Br)c1cc(C(C)(C)C)cc(c1OC)C(Br)c1cc(C(C)(C)C)cc(c1OC)C(Br)c1cc(C(C)(C)C)cc(c1OC)C(Br)c1cc(C(C)(C)C)cc(c1OC)C(Br)c1cc(C(C)(C)C)cc(c1OC)C2Br. The van der Waals surface area contributed by atoms with Crippen LogP contribution in [0.1, 0.15) is 254 Å². The van der Waals surface area contributed by atoms with E-state index in [1.165, 1.54) is 0 Å². The number of alkyl halides is 6. The van der Waals surface area contributed by atoms with E-state index in [4.69, 9.17) is 28.4 Å². The number of hydrogen-bond acceptors (Lipinski definition) is 6. The van der Waals surface area contributed by atoms with Gasteiger partial charge in [0.15, 0.2) is 0 Å². The third kappa shape index (κ3) is 13.5. The molecule has 0 heterocycles. The number of rotatable bonds is 6. The van der Waals surface area contributed by atoms with Gasteiger partial charge in [0.25, 0.3) is 0 Å². The summed E-state index contributed by atoms with van der Waals surface area (Å²) in [7, 11) is 10.7. The Hall–Kier alpha value is -3.00. The van der Waals surface area contributed by atoms with Crippen molar-refractivity contribution in [3.8, 4) is 34.5 Å². The minimum absolute atomic E-state index is 0.261. The number of methoxy groups -OCH3 is 6. The van der Waals surface area contributed by atoms with E-state index >= 15 is 0 Å². The standard InChI is InChI=1S/C72H90Br6O6/c1-67(2,3)37-25-43-55(73)45-27-38(68(4,5)6)29-47(62(45)80-20)57(75)49-31-40(70(10,11)12)33-51(64(49)82-22)59(77)53-35-42(72(16,17)18)36-54(66(53)84-24)60(78)52-34-41(71(13,14)15)32-50(65(52)83-23)58(76)48-30-39(69(7,8)9)28-46(63(48)81-21)56(74)44(26-37)61(43)79-19/h25-36,55-60H,1-24H3. The second-order valence-corrected chi connectivity index (χ2v) is 34.3. The Morgan fingerprint density at radius 1 is 0.202 bits per heavy atom. The van der Waals surface area contributed by atoms with Gasteiger partial charge in [0.1, 0.15) is 34.5 Å². The summed E-state index contributed by atoms with van der Waals surface area (Å²) >= 11 is 26.4. The molecule has 0 aliphatic heterocycles. The Morgan fingerprint density at radius 2 is 0.286 bits per heavy atom. The first-order valence-electron chi connectivity index (χ1n) is 28.9. The molecule has 6 aromatic rings. The second-order valence-electron chi connectivity index (χ2n) is 28.8. The highest BCUT2D eigenvalue weighted by Gasteiger charge is 2.39. The summed E-state index contributed by atoms with van der Waals surface area (Å²) in [6, 6.07) is 27.6. The summed E-state index contributed by atoms with van der Waals surface area (Å²) in [6.07, 6.45) is 0. The first-order chi connectivity index (χ1) is 38.7. The summed E-state index contributed by atoms with van der Waals surface area (Å²) in [5, 5.41) is 0. The molecule has 0 aromatic heterocycles. The first kappa shape index (κ1) is 68.5. The fourth-order valence-electron chi connectivity index (χ4n) is 11.3. The Morgan fingerprint density at radius 3 is 0.345 bits per heavy atom. The van der Waals surface area contributed by atoms with Crippen LogP contribution >= 0.6 is 95.6 Å². The van der Waals surface area contributed by atoms with Gasteiger partial charge in [-0.05, 0) is 65.9 Å². The normalized spacial score (nSPS) is 19.1. The number of ether oxygens (including phenoxy) is 6. The van der Waals surface area contributed by atoms with Gasteiger partial charge in [-0.3, -0.25) is 0 Å². The van der Waals surface area contributed by atoms with Crippen LogP contribution in [0.4, 0.5) is 0 Å². The zero-order chi connectivity index (χ0) is 63.0. The molecule has 12 heteroatoms. The van der Waals surface area contributed by atoms with Gasteiger partial charge in [0.2, 0.25) is 0 Å². The minimum Gasteiger partial charge on any atom is -0.496 e. The van der Waals surface area contributed by atoms with Gasteiger partial charge in [0.05, 0.1) is 71.6 Å². The molecule has 6 aromatic carbocycles. The van der Waals surface area contributed by atoms with E-state index in [0.717, 1.165) is 135 Å². The molecule has 0 radical (unpaired) electrons. The average molecular weight is 1530 g/mol. The van der Waals surface area contributed by atoms with E-state index in [1.54, 1.807) is 42.7 Å². The van der Waals surface area contributed by atoms with Crippen molar-refractivity contribution in [2.45, 2.75) is 186 Å². The number of fused-ring (bicyclic) bond motifs is 12. The molecule has 456 valence electrons. The van der Waals surface area contributed by atoms with E-state index in [9.17, 15) is 0 Å². The highest BCUT2D eigenvalue weighted by atomic mass is 79.9. The van der Waals surface area contributed by atoms with E-state index in [2.05, 4.69) is 293 Å². The summed E-state index contributed by atoms with van der Waals surface area (Å²) in [4.78, 5) is -2.43. The third-order valence-corrected chi connectivity index (χ3v) is 22.5. The van der Waals surface area contributed by atoms with Crippen molar-refractivity contribution in [2.24, 2.45) is 0 Å². The van der Waals surface area contributed by atoms with Crippen LogP contribution in [0.5, 0.6) is 34.5 Å². The topological polar surface area (TPSA) is 55.4 Å². The monoisotopic (exact) mass is 1520 g/mol. The molecule has 0 fully saturated rings. The quantitative estimate of drug-likeness (QED) is 0.155. The van der Waals surface area contributed by atoms with E-state index in [0.29, 0.717) is 0 Å². The summed E-state index contributed by atoms with van der Waals surface area (Å²) in [5.41, 5.74) is 16.9. The van der Waals surface area contributed by atoms with Gasteiger partial charge in [-0.15, -0.1) is 0 Å². The maximum Gasteiger partial charge on any atom is 0.128 e. The highest BCUT2D eigenvalue weighted by Crippen LogP contribution is 2.58. The van der Waals surface area contributed by atoms with Crippen molar-refractivity contribution >= 4 is 95.6 Å². The van der Waals surface area contributed by atoms with E-state index in [1.807, 2.05) is 0 Å². The summed E-state index contributed by atoms with van der Waals surface area (Å²) in [5.74, 6) is 4.47. The fourth-order valence-corrected chi connectivity index (χ4v) is 15.4. The molecule has 84 heavy (non-hydrogen) atoms. The Bertz CT molecular complexity index is 2690. The smallest absolute Gasteiger partial charge is 0.128 e. The summed E-state index contributed by atoms with van der Waals surface area (Å²) in [6.45, 7) is 40.8. The molecule has 0 unspecified atom stereocenters. The maximum absolute atomic E-state index is 6.75. The van der Waals surface area contributed by atoms with Crippen LogP contribution in [0.15, 0.2) is 72.8 Å². The molecule has 0 spiro atoms. The van der Waals surface area contributed by atoms with Gasteiger partial charge < -0.3 is 28.4 Å². The predicted octanol–water partition coefficient (Wildman–Crippen LogP) is 22.7. The molecular weight excluding hydrogens is 1440 g/mol. The molecule has 0 atom stereocenters. The zero-order valence-electron chi connectivity index (χ0n) is 54.1. The maximum atomic E-state index is 6.75. The molecule has 0 saturated carbocycles. The predicted molar refractivity (Wildman–Crippen MR) is 375 cm³/mol. The van der Waals surface area contributed by atoms with Crippen LogP contribution < -0.4 is 28.4 Å². The Balaban J connectivity index is 1.77. The van der Waals surface area contributed by atoms with Crippen LogP contribution in [0.25, 0.3) is 0 Å². The Labute approximate surface area is 555 Å². The van der Waals surface area contributed by atoms with Gasteiger partial charge in [0, 0.05) is 66.8 Å². The van der Waals surface area contributed by atoms with Crippen molar-refractivity contribution in [2.75, 3.05) is 42.7 Å². The van der Waals surface area contributed by atoms with Gasteiger partial charge >= 0.3 is 0 Å². The minimum atomic E-state index is -0.406. The van der Waals surface area contributed by atoms with E-state index < -0.39 is 29.0 Å². The fraction of sp³-hybridized carbons (Fsp3) is 0.500. The summed E-state index contributed by atoms with van der Waals surface area (Å²) < 4.78 is 40.5. The van der Waals surface area contributed by atoms with Gasteiger partial charge in [-0.1, -0.05) is 293 Å². The molecular formula is C72H90Br6O6. The average Bonchev–Trinajstić information content (AvgIpc) is 1.18. The van der Waals surface area contributed by atoms with Crippen LogP contribution in [-0.4, -0.2) is 42.7 Å². The van der Waals surface area contributed by atoms with Crippen molar-refractivity contribution < 1.29 is 28.4 Å². The van der Waals surface area contributed by atoms with Crippen LogP contribution in [0.3, 0.4) is 0 Å². The molecule has 12 bridgehead atoms. The van der Waals surface area contributed by atoms with Crippen molar-refractivity contribution in [1.82, 2.24) is 0 Å². The van der Waals surface area contributed by atoms with Gasteiger partial charge in [-0.25, -0.2) is 0 Å². The third-order valence-electron chi connectivity index (χ3n) is 16.6. The zero-order valence-corrected chi connectivity index (χ0v) is 63.6. The van der Waals surface area contributed by atoms with Crippen molar-refractivity contribution in [3.63, 3.8) is 0 Å². The van der Waals surface area contributed by atoms with Crippen LogP contribution in [0, 0.1) is 0 Å². The number of hydrogen-bond donors (Lipinski definition) is 0. The van der Waals surface area contributed by atoms with Gasteiger partial charge in [-0.2, -0.15) is 0 Å². The Kier molecular flexibility index (Phi) is 20.5. The van der Waals surface area contributed by atoms with Crippen molar-refractivity contribution in [1.29, 1.82) is 0 Å². The number of benzene rings is 6.